The minimum absolute atomic E-state index is 0.00119. The predicted molar refractivity (Wildman–Crippen MR) is 69.6 cm³/mol. The molecule has 0 bridgehead atoms. The molecule has 0 radical (unpaired) electrons. The number of rotatable bonds is 3. The van der Waals surface area contributed by atoms with E-state index < -0.39 is 11.7 Å². The van der Waals surface area contributed by atoms with Crippen LogP contribution in [0.15, 0.2) is 29.3 Å². The number of aromatic nitrogens is 5. The van der Waals surface area contributed by atoms with E-state index in [0.717, 1.165) is 0 Å². The molecule has 0 aliphatic carbocycles. The first-order chi connectivity index (χ1) is 10.0. The molecule has 2 N–H and O–H groups in total. The lowest BCUT2D eigenvalue weighted by atomic mass is 10.3. The number of nitrogens with zero attached hydrogens (tertiary/aromatic N) is 4. The van der Waals surface area contributed by atoms with Gasteiger partial charge >= 0.3 is 11.7 Å². The second-order valence-corrected chi connectivity index (χ2v) is 4.18. The number of aromatic carboxylic acids is 1. The van der Waals surface area contributed by atoms with Crippen molar-refractivity contribution in [3.8, 4) is 11.6 Å². The Labute approximate surface area is 116 Å². The largest absolute Gasteiger partial charge is 0.478 e. The van der Waals surface area contributed by atoms with Gasteiger partial charge in [0, 0.05) is 12.3 Å². The zero-order chi connectivity index (χ0) is 15.0. The summed E-state index contributed by atoms with van der Waals surface area (Å²) in [5.74, 6) is -0.303. The molecule has 0 aromatic carbocycles. The molecule has 0 unspecified atom stereocenters. The minimum Gasteiger partial charge on any atom is -0.478 e. The summed E-state index contributed by atoms with van der Waals surface area (Å²) >= 11 is 0. The molecule has 3 rings (SSSR count). The highest BCUT2D eigenvalue weighted by Crippen LogP contribution is 2.20. The third-order valence-corrected chi connectivity index (χ3v) is 2.73. The van der Waals surface area contributed by atoms with Crippen LogP contribution in [0.3, 0.4) is 0 Å². The molecule has 0 atom stereocenters. The lowest BCUT2D eigenvalue weighted by Gasteiger charge is -2.06. The first kappa shape index (κ1) is 12.8. The van der Waals surface area contributed by atoms with Gasteiger partial charge in [-0.1, -0.05) is 0 Å². The molecule has 0 aliphatic rings. The standard InChI is InChI=1S/C12H9N5O4/c1-6-14-10(3-9-15-16-12(20)17(6)9)21-8-2-7(11(18)19)4-13-5-8/h2-5H,1H3,(H,16,20)(H,18,19). The van der Waals surface area contributed by atoms with Crippen molar-refractivity contribution in [1.82, 2.24) is 24.6 Å². The van der Waals surface area contributed by atoms with Gasteiger partial charge in [0.15, 0.2) is 5.65 Å². The summed E-state index contributed by atoms with van der Waals surface area (Å²) in [5, 5.41) is 15.0. The van der Waals surface area contributed by atoms with E-state index in [1.807, 2.05) is 0 Å². The molecule has 0 saturated carbocycles. The SMILES string of the molecule is Cc1nc(Oc2cncc(C(=O)O)c2)cc2n[nH]c(=O)n12. The van der Waals surface area contributed by atoms with Crippen LogP contribution in [-0.4, -0.2) is 35.6 Å². The molecule has 0 fully saturated rings. The molecule has 3 aromatic heterocycles. The number of hydrogen-bond acceptors (Lipinski definition) is 6. The maximum Gasteiger partial charge on any atom is 0.349 e. The number of fused-ring (bicyclic) bond motifs is 1. The van der Waals surface area contributed by atoms with Crippen LogP contribution in [0, 0.1) is 6.92 Å². The molecule has 0 aliphatic heterocycles. The van der Waals surface area contributed by atoms with Crippen LogP contribution in [-0.2, 0) is 0 Å². The van der Waals surface area contributed by atoms with Crippen LogP contribution in [0.2, 0.25) is 0 Å². The monoisotopic (exact) mass is 287 g/mol. The van der Waals surface area contributed by atoms with Gasteiger partial charge in [-0.3, -0.25) is 4.98 Å². The van der Waals surface area contributed by atoms with Crippen LogP contribution in [0.5, 0.6) is 11.6 Å². The van der Waals surface area contributed by atoms with E-state index in [9.17, 15) is 9.59 Å². The Balaban J connectivity index is 2.00. The fraction of sp³-hybridized carbons (Fsp3) is 0.0833. The third kappa shape index (κ3) is 2.31. The number of ether oxygens (including phenoxy) is 1. The smallest absolute Gasteiger partial charge is 0.349 e. The number of aryl methyl sites for hydroxylation is 1. The van der Waals surface area contributed by atoms with Crippen molar-refractivity contribution in [2.75, 3.05) is 0 Å². The van der Waals surface area contributed by atoms with E-state index in [1.165, 1.54) is 28.9 Å². The summed E-state index contributed by atoms with van der Waals surface area (Å²) in [4.78, 5) is 30.2. The fourth-order valence-electron chi connectivity index (χ4n) is 1.84. The predicted octanol–water partition coefficient (Wildman–Crippen LogP) is 0.612. The van der Waals surface area contributed by atoms with Crippen LogP contribution in [0.25, 0.3) is 5.65 Å². The highest BCUT2D eigenvalue weighted by molar-refractivity contribution is 5.87. The summed E-state index contributed by atoms with van der Waals surface area (Å²) in [5.41, 5.74) is -0.0396. The van der Waals surface area contributed by atoms with Gasteiger partial charge in [0.2, 0.25) is 5.88 Å². The zero-order valence-electron chi connectivity index (χ0n) is 10.8. The van der Waals surface area contributed by atoms with E-state index in [1.54, 1.807) is 6.92 Å². The third-order valence-electron chi connectivity index (χ3n) is 2.73. The van der Waals surface area contributed by atoms with Crippen molar-refractivity contribution < 1.29 is 14.6 Å². The van der Waals surface area contributed by atoms with Crippen molar-refractivity contribution in [3.63, 3.8) is 0 Å². The molecule has 3 aromatic rings. The molecule has 0 amide bonds. The molecule has 9 heteroatoms. The van der Waals surface area contributed by atoms with Crippen molar-refractivity contribution in [2.45, 2.75) is 6.92 Å². The minimum atomic E-state index is -1.11. The topological polar surface area (TPSA) is 122 Å². The Morgan fingerprint density at radius 2 is 2.19 bits per heavy atom. The van der Waals surface area contributed by atoms with Crippen LogP contribution < -0.4 is 10.4 Å². The molecule has 0 spiro atoms. The Bertz CT molecular complexity index is 898. The summed E-state index contributed by atoms with van der Waals surface area (Å²) in [6.45, 7) is 1.63. The Morgan fingerprint density at radius 3 is 2.95 bits per heavy atom. The van der Waals surface area contributed by atoms with E-state index in [4.69, 9.17) is 9.84 Å². The second-order valence-electron chi connectivity index (χ2n) is 4.18. The molecule has 0 saturated heterocycles. The second kappa shape index (κ2) is 4.71. The Kier molecular flexibility index (Phi) is 2.87. The van der Waals surface area contributed by atoms with E-state index in [-0.39, 0.29) is 17.2 Å². The number of aromatic amines is 1. The molecular weight excluding hydrogens is 278 g/mol. The lowest BCUT2D eigenvalue weighted by molar-refractivity contribution is 0.0696. The zero-order valence-corrected chi connectivity index (χ0v) is 10.8. The number of nitrogens with one attached hydrogen (secondary N) is 1. The van der Waals surface area contributed by atoms with Crippen molar-refractivity contribution >= 4 is 11.6 Å². The summed E-state index contributed by atoms with van der Waals surface area (Å²) in [6.07, 6.45) is 2.58. The van der Waals surface area contributed by atoms with Crippen LogP contribution in [0.1, 0.15) is 16.2 Å². The summed E-state index contributed by atoms with van der Waals surface area (Å²) in [7, 11) is 0. The van der Waals surface area contributed by atoms with Gasteiger partial charge in [-0.15, -0.1) is 0 Å². The average Bonchev–Trinajstić information content (AvgIpc) is 2.81. The number of carbonyl (C=O) groups is 1. The van der Waals surface area contributed by atoms with Crippen molar-refractivity contribution in [2.24, 2.45) is 0 Å². The van der Waals surface area contributed by atoms with Gasteiger partial charge in [-0.25, -0.2) is 19.1 Å². The molecule has 106 valence electrons. The van der Waals surface area contributed by atoms with E-state index in [0.29, 0.717) is 11.5 Å². The number of pyridine rings is 1. The number of carboxylic acids is 1. The molecular formula is C12H9N5O4. The number of H-pyrrole nitrogens is 1. The highest BCUT2D eigenvalue weighted by atomic mass is 16.5. The molecule has 21 heavy (non-hydrogen) atoms. The Hall–Kier alpha value is -3.23. The highest BCUT2D eigenvalue weighted by Gasteiger charge is 2.10. The van der Waals surface area contributed by atoms with Gasteiger partial charge in [0.1, 0.15) is 11.6 Å². The van der Waals surface area contributed by atoms with Crippen LogP contribution in [0.4, 0.5) is 0 Å². The van der Waals surface area contributed by atoms with Crippen molar-refractivity contribution in [1.29, 1.82) is 0 Å². The van der Waals surface area contributed by atoms with Crippen molar-refractivity contribution in [3.05, 3.63) is 46.4 Å². The number of carboxylic acid groups (broad SMARTS) is 1. The molecule has 9 nitrogen and oxygen atoms in total. The quantitative estimate of drug-likeness (QED) is 0.723. The maximum atomic E-state index is 11.5. The van der Waals surface area contributed by atoms with Crippen LogP contribution >= 0.6 is 0 Å². The Morgan fingerprint density at radius 1 is 1.38 bits per heavy atom. The van der Waals surface area contributed by atoms with Gasteiger partial charge in [0.25, 0.3) is 0 Å². The van der Waals surface area contributed by atoms with E-state index in [2.05, 4.69) is 20.2 Å². The van der Waals surface area contributed by atoms with Gasteiger partial charge < -0.3 is 9.84 Å². The van der Waals surface area contributed by atoms with Gasteiger partial charge in [-0.05, 0) is 13.0 Å². The fourth-order valence-corrected chi connectivity index (χ4v) is 1.84. The van der Waals surface area contributed by atoms with Gasteiger partial charge in [-0.2, -0.15) is 10.1 Å². The molecule has 3 heterocycles. The summed E-state index contributed by atoms with van der Waals surface area (Å²) < 4.78 is 6.75. The lowest BCUT2D eigenvalue weighted by Crippen LogP contribution is -2.13. The normalized spacial score (nSPS) is 10.7. The summed E-state index contributed by atoms with van der Waals surface area (Å²) in [6, 6.07) is 2.78. The van der Waals surface area contributed by atoms with E-state index >= 15 is 0 Å². The van der Waals surface area contributed by atoms with Gasteiger partial charge in [0.05, 0.1) is 11.8 Å². The first-order valence-corrected chi connectivity index (χ1v) is 5.85. The average molecular weight is 287 g/mol. The number of hydrogen-bond donors (Lipinski definition) is 2. The maximum absolute atomic E-state index is 11.5. The first-order valence-electron chi connectivity index (χ1n) is 5.85.